The second-order valence-electron chi connectivity index (χ2n) is 8.15. The fourth-order valence-electron chi connectivity index (χ4n) is 3.22. The zero-order valence-electron chi connectivity index (χ0n) is 18.2. The zero-order valence-corrected chi connectivity index (χ0v) is 19.0. The van der Waals surface area contributed by atoms with Crippen molar-refractivity contribution in [2.24, 2.45) is 17.8 Å². The van der Waals surface area contributed by atoms with Crippen molar-refractivity contribution < 1.29 is 15.0 Å². The van der Waals surface area contributed by atoms with Crippen LogP contribution in [0.3, 0.4) is 0 Å². The molecule has 2 N–H and O–H groups in total. The minimum absolute atomic E-state index is 0.0387. The Morgan fingerprint density at radius 1 is 1.21 bits per heavy atom. The average molecular weight is 408 g/mol. The maximum atomic E-state index is 12.0. The van der Waals surface area contributed by atoms with Crippen LogP contribution in [0.15, 0.2) is 23.1 Å². The third kappa shape index (κ3) is 8.38. The summed E-state index contributed by atoms with van der Waals surface area (Å²) in [7, 11) is 0. The van der Waals surface area contributed by atoms with Gasteiger partial charge >= 0.3 is 0 Å². The summed E-state index contributed by atoms with van der Waals surface area (Å²) < 4.78 is 0. The number of aliphatic hydroxyl groups is 2. The number of aromatic nitrogens is 1. The van der Waals surface area contributed by atoms with Gasteiger partial charge in [-0.05, 0) is 57.1 Å². The van der Waals surface area contributed by atoms with Gasteiger partial charge in [0.15, 0.2) is 0 Å². The lowest BCUT2D eigenvalue weighted by Gasteiger charge is -2.25. The van der Waals surface area contributed by atoms with E-state index in [-0.39, 0.29) is 23.5 Å². The topological polar surface area (TPSA) is 70.4 Å². The van der Waals surface area contributed by atoms with Crippen LogP contribution < -0.4 is 0 Å². The van der Waals surface area contributed by atoms with Gasteiger partial charge in [0, 0.05) is 17.2 Å². The van der Waals surface area contributed by atoms with Crippen LogP contribution >= 0.6 is 11.3 Å². The fraction of sp³-hybridized carbons (Fsp3) is 0.652. The quantitative estimate of drug-likeness (QED) is 0.369. The molecular formula is C23H37NO3S. The third-order valence-electron chi connectivity index (χ3n) is 5.21. The first-order valence-corrected chi connectivity index (χ1v) is 11.2. The molecule has 1 heterocycles. The minimum atomic E-state index is -0.581. The van der Waals surface area contributed by atoms with E-state index in [1.54, 1.807) is 11.3 Å². The Morgan fingerprint density at radius 2 is 1.89 bits per heavy atom. The van der Waals surface area contributed by atoms with Crippen molar-refractivity contribution in [3.05, 3.63) is 33.8 Å². The number of ketones is 1. The van der Waals surface area contributed by atoms with Crippen molar-refractivity contribution >= 4 is 23.2 Å². The minimum Gasteiger partial charge on any atom is -0.392 e. The number of hydrogen-bond donors (Lipinski definition) is 2. The third-order valence-corrected chi connectivity index (χ3v) is 6.00. The smallest absolute Gasteiger partial charge is 0.140 e. The molecule has 5 heteroatoms. The first-order valence-electron chi connectivity index (χ1n) is 10.3. The van der Waals surface area contributed by atoms with E-state index >= 15 is 0 Å². The van der Waals surface area contributed by atoms with Crippen LogP contribution in [0.2, 0.25) is 0 Å². The van der Waals surface area contributed by atoms with Crippen LogP contribution in [-0.2, 0) is 4.79 Å². The van der Waals surface area contributed by atoms with Gasteiger partial charge in [-0.15, -0.1) is 11.3 Å². The molecule has 158 valence electrons. The second kappa shape index (κ2) is 12.3. The number of carbonyl (C=O) groups excluding carboxylic acids is 1. The summed E-state index contributed by atoms with van der Waals surface area (Å²) in [6.07, 6.45) is 8.29. The molecule has 0 radical (unpaired) electrons. The number of aliphatic hydroxyl groups excluding tert-OH is 2. The largest absolute Gasteiger partial charge is 0.392 e. The monoisotopic (exact) mass is 407 g/mol. The van der Waals surface area contributed by atoms with E-state index in [4.69, 9.17) is 0 Å². The Balaban J connectivity index is 2.32. The maximum Gasteiger partial charge on any atom is 0.140 e. The molecular weight excluding hydrogens is 370 g/mol. The summed E-state index contributed by atoms with van der Waals surface area (Å²) in [6.45, 7) is 11.5. The van der Waals surface area contributed by atoms with Crippen LogP contribution in [-0.4, -0.2) is 33.2 Å². The lowest BCUT2D eigenvalue weighted by Crippen LogP contribution is -2.33. The molecule has 0 spiro atoms. The molecule has 4 atom stereocenters. The van der Waals surface area contributed by atoms with Crippen molar-refractivity contribution in [1.82, 2.24) is 4.98 Å². The van der Waals surface area contributed by atoms with E-state index in [0.29, 0.717) is 6.42 Å². The molecule has 0 bridgehead atoms. The van der Waals surface area contributed by atoms with Crippen molar-refractivity contribution in [3.63, 3.8) is 0 Å². The standard InChI is InChI=1S/C23H37NO3S/c1-15(2)22(26)18(5)23(27)16(3)11-9-7-8-10-12-21(25)17(4)13-20-14-28-19(6)24-20/h8,10,13-16,18,21,23,25,27H,7,9,11-12H2,1-6H3/b10-8+,17-13+. The Morgan fingerprint density at radius 3 is 2.46 bits per heavy atom. The summed E-state index contributed by atoms with van der Waals surface area (Å²) in [4.78, 5) is 16.4. The number of hydrogen-bond acceptors (Lipinski definition) is 5. The zero-order chi connectivity index (χ0) is 21.3. The molecule has 1 rings (SSSR count). The Labute approximate surface area is 174 Å². The first kappa shape index (κ1) is 24.7. The molecule has 0 aliphatic carbocycles. The summed E-state index contributed by atoms with van der Waals surface area (Å²) in [5.74, 6) is -0.117. The molecule has 0 saturated heterocycles. The molecule has 0 aliphatic heterocycles. The molecule has 0 aliphatic rings. The van der Waals surface area contributed by atoms with Crippen LogP contribution in [0.4, 0.5) is 0 Å². The number of allylic oxidation sites excluding steroid dienone is 1. The number of aryl methyl sites for hydroxylation is 1. The van der Waals surface area contributed by atoms with E-state index in [9.17, 15) is 15.0 Å². The SMILES string of the molecule is C/C(=C\c1csc(C)n1)C(O)C/C=C/CCCC(C)C(O)C(C)C(=O)C(C)C. The number of unbranched alkanes of at least 4 members (excludes halogenated alkanes) is 1. The van der Waals surface area contributed by atoms with Gasteiger partial charge in [0.1, 0.15) is 5.78 Å². The van der Waals surface area contributed by atoms with E-state index in [1.165, 1.54) is 0 Å². The molecule has 4 nitrogen and oxygen atoms in total. The molecule has 1 aromatic rings. The van der Waals surface area contributed by atoms with Gasteiger partial charge in [-0.1, -0.05) is 39.8 Å². The van der Waals surface area contributed by atoms with Crippen molar-refractivity contribution in [1.29, 1.82) is 0 Å². The molecule has 0 fully saturated rings. The van der Waals surface area contributed by atoms with Gasteiger partial charge < -0.3 is 10.2 Å². The predicted molar refractivity (Wildman–Crippen MR) is 118 cm³/mol. The van der Waals surface area contributed by atoms with Crippen LogP contribution in [0.5, 0.6) is 0 Å². The summed E-state index contributed by atoms with van der Waals surface area (Å²) in [5.41, 5.74) is 1.82. The summed E-state index contributed by atoms with van der Waals surface area (Å²) in [5, 5.41) is 23.7. The number of carbonyl (C=O) groups is 1. The number of thiazole rings is 1. The fourth-order valence-corrected chi connectivity index (χ4v) is 3.79. The Hall–Kier alpha value is -1.30. The summed E-state index contributed by atoms with van der Waals surface area (Å²) >= 11 is 1.61. The molecule has 4 unspecified atom stereocenters. The normalized spacial score (nSPS) is 17.1. The first-order chi connectivity index (χ1) is 13.1. The highest BCUT2D eigenvalue weighted by Crippen LogP contribution is 2.22. The van der Waals surface area contributed by atoms with Gasteiger partial charge in [0.2, 0.25) is 0 Å². The van der Waals surface area contributed by atoms with E-state index in [2.05, 4.69) is 11.1 Å². The Bertz CT molecular complexity index is 663. The van der Waals surface area contributed by atoms with Crippen molar-refractivity contribution in [2.45, 2.75) is 79.4 Å². The van der Waals surface area contributed by atoms with Gasteiger partial charge in [-0.3, -0.25) is 4.79 Å². The average Bonchev–Trinajstić information content (AvgIpc) is 3.06. The lowest BCUT2D eigenvalue weighted by atomic mass is 9.84. The van der Waals surface area contributed by atoms with Gasteiger partial charge in [0.05, 0.1) is 22.9 Å². The molecule has 1 aromatic heterocycles. The molecule has 28 heavy (non-hydrogen) atoms. The van der Waals surface area contributed by atoms with E-state index in [0.717, 1.165) is 35.5 Å². The predicted octanol–water partition coefficient (Wildman–Crippen LogP) is 5.19. The number of nitrogens with zero attached hydrogens (tertiary/aromatic N) is 1. The Kier molecular flexibility index (Phi) is 10.9. The number of rotatable bonds is 12. The van der Waals surface area contributed by atoms with Crippen LogP contribution in [0, 0.1) is 24.7 Å². The van der Waals surface area contributed by atoms with Crippen LogP contribution in [0.1, 0.15) is 71.0 Å². The molecule has 0 aromatic carbocycles. The van der Waals surface area contributed by atoms with Crippen LogP contribution in [0.25, 0.3) is 6.08 Å². The highest BCUT2D eigenvalue weighted by Gasteiger charge is 2.27. The molecule has 0 saturated carbocycles. The number of Topliss-reactive ketones (excluding diaryl/α,β-unsaturated/α-hetero) is 1. The van der Waals surface area contributed by atoms with E-state index in [1.807, 2.05) is 59.1 Å². The van der Waals surface area contributed by atoms with Gasteiger partial charge in [0.25, 0.3) is 0 Å². The maximum absolute atomic E-state index is 12.0. The second-order valence-corrected chi connectivity index (χ2v) is 9.21. The van der Waals surface area contributed by atoms with Gasteiger partial charge in [-0.25, -0.2) is 4.98 Å². The van der Waals surface area contributed by atoms with Crippen molar-refractivity contribution in [2.75, 3.05) is 0 Å². The molecule has 0 amide bonds. The summed E-state index contributed by atoms with van der Waals surface area (Å²) in [6, 6.07) is 0. The highest BCUT2D eigenvalue weighted by atomic mass is 32.1. The van der Waals surface area contributed by atoms with Crippen molar-refractivity contribution in [3.8, 4) is 0 Å². The lowest BCUT2D eigenvalue weighted by molar-refractivity contribution is -0.129. The van der Waals surface area contributed by atoms with E-state index < -0.39 is 12.2 Å². The highest BCUT2D eigenvalue weighted by molar-refractivity contribution is 7.09. The van der Waals surface area contributed by atoms with Gasteiger partial charge in [-0.2, -0.15) is 0 Å².